The van der Waals surface area contributed by atoms with Crippen molar-refractivity contribution in [3.8, 4) is 0 Å². The molecule has 88 valence electrons. The lowest BCUT2D eigenvalue weighted by Gasteiger charge is -2.11. The van der Waals surface area contributed by atoms with E-state index in [-0.39, 0.29) is 5.56 Å². The molecular formula is C12H16ClNO2. The number of aromatic carboxylic acids is 1. The van der Waals surface area contributed by atoms with Gasteiger partial charge in [-0.3, -0.25) is 0 Å². The zero-order valence-electron chi connectivity index (χ0n) is 9.46. The molecule has 0 atom stereocenters. The van der Waals surface area contributed by atoms with Crippen molar-refractivity contribution in [1.82, 2.24) is 0 Å². The Morgan fingerprint density at radius 2 is 2.19 bits per heavy atom. The average Bonchev–Trinajstić information content (AvgIpc) is 2.16. The number of hydrogen-bond donors (Lipinski definition) is 2. The van der Waals surface area contributed by atoms with Gasteiger partial charge in [0, 0.05) is 11.6 Å². The van der Waals surface area contributed by atoms with E-state index in [0.717, 1.165) is 13.0 Å². The summed E-state index contributed by atoms with van der Waals surface area (Å²) in [6.45, 7) is 4.99. The zero-order valence-corrected chi connectivity index (χ0v) is 10.2. The molecule has 1 aromatic carbocycles. The molecule has 2 N–H and O–H groups in total. The molecule has 0 saturated heterocycles. The number of halogens is 1. The van der Waals surface area contributed by atoms with Crippen LogP contribution < -0.4 is 5.32 Å². The molecule has 0 aliphatic rings. The van der Waals surface area contributed by atoms with Gasteiger partial charge in [-0.25, -0.2) is 4.79 Å². The van der Waals surface area contributed by atoms with Gasteiger partial charge in [-0.2, -0.15) is 0 Å². The van der Waals surface area contributed by atoms with Crippen LogP contribution in [0.5, 0.6) is 0 Å². The molecule has 3 nitrogen and oxygen atoms in total. The summed E-state index contributed by atoms with van der Waals surface area (Å²) in [7, 11) is 0. The van der Waals surface area contributed by atoms with Crippen molar-refractivity contribution in [1.29, 1.82) is 0 Å². The fourth-order valence-electron chi connectivity index (χ4n) is 1.34. The summed E-state index contributed by atoms with van der Waals surface area (Å²) in [5, 5.41) is 12.6. The Bertz CT molecular complexity index is 377. The highest BCUT2D eigenvalue weighted by Crippen LogP contribution is 2.21. The van der Waals surface area contributed by atoms with E-state index < -0.39 is 5.97 Å². The first-order valence-electron chi connectivity index (χ1n) is 5.27. The minimum absolute atomic E-state index is 0.258. The number of benzene rings is 1. The first-order valence-corrected chi connectivity index (χ1v) is 5.65. The van der Waals surface area contributed by atoms with E-state index >= 15 is 0 Å². The Morgan fingerprint density at radius 3 is 2.75 bits per heavy atom. The third-order valence-electron chi connectivity index (χ3n) is 2.25. The molecule has 1 rings (SSSR count). The Hall–Kier alpha value is -1.22. The first kappa shape index (κ1) is 12.8. The van der Waals surface area contributed by atoms with Crippen LogP contribution in [0.25, 0.3) is 0 Å². The van der Waals surface area contributed by atoms with E-state index in [1.165, 1.54) is 6.07 Å². The van der Waals surface area contributed by atoms with E-state index in [4.69, 9.17) is 16.7 Å². The number of hydrogen-bond acceptors (Lipinski definition) is 2. The average molecular weight is 242 g/mol. The predicted molar refractivity (Wildman–Crippen MR) is 66.4 cm³/mol. The third-order valence-corrected chi connectivity index (χ3v) is 2.48. The molecule has 0 bridgehead atoms. The Morgan fingerprint density at radius 1 is 1.50 bits per heavy atom. The van der Waals surface area contributed by atoms with Crippen LogP contribution in [0.3, 0.4) is 0 Å². The van der Waals surface area contributed by atoms with Gasteiger partial charge in [0.25, 0.3) is 0 Å². The Balaban J connectivity index is 2.76. The third kappa shape index (κ3) is 3.74. The van der Waals surface area contributed by atoms with Gasteiger partial charge in [0.15, 0.2) is 0 Å². The maximum Gasteiger partial charge on any atom is 0.337 e. The highest BCUT2D eigenvalue weighted by atomic mass is 35.5. The van der Waals surface area contributed by atoms with Crippen LogP contribution in [0.4, 0.5) is 5.69 Å². The summed E-state index contributed by atoms with van der Waals surface area (Å²) in [4.78, 5) is 10.9. The van der Waals surface area contributed by atoms with Crippen LogP contribution >= 0.6 is 11.6 Å². The molecule has 0 aliphatic heterocycles. The summed E-state index contributed by atoms with van der Waals surface area (Å²) in [6, 6.07) is 4.74. The summed E-state index contributed by atoms with van der Waals surface area (Å²) in [5.74, 6) is -0.358. The van der Waals surface area contributed by atoms with Crippen molar-refractivity contribution in [3.05, 3.63) is 28.8 Å². The monoisotopic (exact) mass is 241 g/mol. The van der Waals surface area contributed by atoms with Crippen molar-refractivity contribution < 1.29 is 9.90 Å². The van der Waals surface area contributed by atoms with E-state index in [1.54, 1.807) is 12.1 Å². The zero-order chi connectivity index (χ0) is 12.1. The van der Waals surface area contributed by atoms with Gasteiger partial charge >= 0.3 is 5.97 Å². The summed E-state index contributed by atoms with van der Waals surface area (Å²) in [6.07, 6.45) is 0.992. The molecule has 0 aromatic heterocycles. The molecule has 0 fully saturated rings. The molecule has 0 amide bonds. The van der Waals surface area contributed by atoms with Gasteiger partial charge in [-0.1, -0.05) is 25.4 Å². The normalized spacial score (nSPS) is 10.5. The quantitative estimate of drug-likeness (QED) is 0.830. The number of carboxylic acids is 1. The van der Waals surface area contributed by atoms with E-state index in [9.17, 15) is 4.79 Å². The van der Waals surface area contributed by atoms with Gasteiger partial charge in [0.2, 0.25) is 0 Å². The minimum atomic E-state index is -0.941. The van der Waals surface area contributed by atoms with Gasteiger partial charge in [0.1, 0.15) is 0 Å². The number of nitrogens with one attached hydrogen (secondary N) is 1. The summed E-state index contributed by atoms with van der Waals surface area (Å²) < 4.78 is 0. The lowest BCUT2D eigenvalue weighted by atomic mass is 10.1. The molecule has 16 heavy (non-hydrogen) atoms. The Labute approximate surface area is 100 Å². The second-order valence-corrected chi connectivity index (χ2v) is 4.54. The molecule has 0 spiro atoms. The number of anilines is 1. The molecule has 0 unspecified atom stereocenters. The molecule has 0 heterocycles. The van der Waals surface area contributed by atoms with Gasteiger partial charge in [0.05, 0.1) is 11.3 Å². The lowest BCUT2D eigenvalue weighted by Crippen LogP contribution is -2.09. The molecule has 4 heteroatoms. The van der Waals surface area contributed by atoms with Crippen LogP contribution in [0.15, 0.2) is 18.2 Å². The largest absolute Gasteiger partial charge is 0.478 e. The minimum Gasteiger partial charge on any atom is -0.478 e. The van der Waals surface area contributed by atoms with Crippen LogP contribution in [0, 0.1) is 5.92 Å². The van der Waals surface area contributed by atoms with Crippen molar-refractivity contribution in [3.63, 3.8) is 0 Å². The number of carboxylic acid groups (broad SMARTS) is 1. The first-order chi connectivity index (χ1) is 7.50. The van der Waals surface area contributed by atoms with Crippen molar-refractivity contribution in [2.75, 3.05) is 11.9 Å². The van der Waals surface area contributed by atoms with Crippen LogP contribution in [0.2, 0.25) is 5.02 Å². The Kier molecular flexibility index (Phi) is 4.62. The maximum absolute atomic E-state index is 10.9. The smallest absolute Gasteiger partial charge is 0.337 e. The lowest BCUT2D eigenvalue weighted by molar-refractivity contribution is 0.0698. The highest BCUT2D eigenvalue weighted by molar-refractivity contribution is 6.31. The van der Waals surface area contributed by atoms with Crippen molar-refractivity contribution >= 4 is 23.3 Å². The molecule has 1 aromatic rings. The van der Waals surface area contributed by atoms with Crippen molar-refractivity contribution in [2.45, 2.75) is 20.3 Å². The van der Waals surface area contributed by atoms with Gasteiger partial charge < -0.3 is 10.4 Å². The topological polar surface area (TPSA) is 49.3 Å². The summed E-state index contributed by atoms with van der Waals surface area (Å²) >= 11 is 5.83. The van der Waals surface area contributed by atoms with Crippen LogP contribution in [-0.4, -0.2) is 17.6 Å². The fraction of sp³-hybridized carbons (Fsp3) is 0.417. The standard InChI is InChI=1S/C12H16ClNO2/c1-8(2)5-6-14-11-7-9(13)3-4-10(11)12(15)16/h3-4,7-8,14H,5-6H2,1-2H3,(H,15,16). The molecule has 0 saturated carbocycles. The van der Waals surface area contributed by atoms with E-state index in [0.29, 0.717) is 16.6 Å². The van der Waals surface area contributed by atoms with Crippen LogP contribution in [-0.2, 0) is 0 Å². The second-order valence-electron chi connectivity index (χ2n) is 4.10. The van der Waals surface area contributed by atoms with E-state index in [2.05, 4.69) is 19.2 Å². The van der Waals surface area contributed by atoms with E-state index in [1.807, 2.05) is 0 Å². The SMILES string of the molecule is CC(C)CCNc1cc(Cl)ccc1C(=O)O. The molecule has 0 radical (unpaired) electrons. The van der Waals surface area contributed by atoms with Crippen molar-refractivity contribution in [2.24, 2.45) is 5.92 Å². The molecule has 0 aliphatic carbocycles. The second kappa shape index (κ2) is 5.75. The number of carbonyl (C=O) groups is 1. The fourth-order valence-corrected chi connectivity index (χ4v) is 1.52. The molecular weight excluding hydrogens is 226 g/mol. The van der Waals surface area contributed by atoms with Gasteiger partial charge in [-0.15, -0.1) is 0 Å². The maximum atomic E-state index is 10.9. The van der Waals surface area contributed by atoms with Gasteiger partial charge in [-0.05, 0) is 30.5 Å². The number of rotatable bonds is 5. The van der Waals surface area contributed by atoms with Crippen LogP contribution in [0.1, 0.15) is 30.6 Å². The predicted octanol–water partition coefficient (Wildman–Crippen LogP) is 3.50. The summed E-state index contributed by atoms with van der Waals surface area (Å²) in [5.41, 5.74) is 0.841. The highest BCUT2D eigenvalue weighted by Gasteiger charge is 2.09.